The Kier molecular flexibility index (Phi) is 2.85. The molecule has 0 aliphatic heterocycles. The monoisotopic (exact) mass is 230 g/mol. The highest BCUT2D eigenvalue weighted by Crippen LogP contribution is 2.42. The van der Waals surface area contributed by atoms with Gasteiger partial charge in [-0.15, -0.1) is 0 Å². The van der Waals surface area contributed by atoms with Crippen LogP contribution in [0.5, 0.6) is 0 Å². The van der Waals surface area contributed by atoms with Crippen LogP contribution in [0.25, 0.3) is 0 Å². The van der Waals surface area contributed by atoms with E-state index in [2.05, 4.69) is 34.7 Å². The third-order valence-corrected chi connectivity index (χ3v) is 4.17. The highest BCUT2D eigenvalue weighted by atomic mass is 16.4. The summed E-state index contributed by atoms with van der Waals surface area (Å²) in [4.78, 5) is 0. The topological polar surface area (TPSA) is 44.6 Å². The lowest BCUT2D eigenvalue weighted by atomic mass is 9.93. The van der Waals surface area contributed by atoms with Gasteiger partial charge in [-0.2, -0.15) is 0 Å². The number of oxime groups is 1. The van der Waals surface area contributed by atoms with Crippen molar-refractivity contribution < 1.29 is 5.21 Å². The van der Waals surface area contributed by atoms with Gasteiger partial charge < -0.3 is 10.5 Å². The molecule has 2 saturated carbocycles. The average molecular weight is 230 g/mol. The van der Waals surface area contributed by atoms with Gasteiger partial charge in [0.1, 0.15) is 0 Å². The van der Waals surface area contributed by atoms with Crippen LogP contribution in [0, 0.1) is 11.8 Å². The molecule has 1 aromatic rings. The lowest BCUT2D eigenvalue weighted by molar-refractivity contribution is 0.309. The van der Waals surface area contributed by atoms with Crippen molar-refractivity contribution in [3.63, 3.8) is 0 Å². The Labute approximate surface area is 102 Å². The van der Waals surface area contributed by atoms with Gasteiger partial charge in [0.15, 0.2) is 0 Å². The Morgan fingerprint density at radius 2 is 2.06 bits per heavy atom. The van der Waals surface area contributed by atoms with Crippen LogP contribution in [0.4, 0.5) is 0 Å². The lowest BCUT2D eigenvalue weighted by Crippen LogP contribution is -2.40. The molecule has 2 aliphatic rings. The van der Waals surface area contributed by atoms with Crippen molar-refractivity contribution in [3.8, 4) is 0 Å². The summed E-state index contributed by atoms with van der Waals surface area (Å²) in [6, 6.07) is 10.7. The second-order valence-corrected chi connectivity index (χ2v) is 5.14. The number of fused-ring (bicyclic) bond motifs is 2. The molecule has 3 rings (SSSR count). The Morgan fingerprint density at radius 1 is 1.24 bits per heavy atom. The maximum Gasteiger partial charge on any atom is 0.0773 e. The SMILES string of the molecule is O/N=C1/C2CCC(C2)C1NCc1ccccc1. The van der Waals surface area contributed by atoms with Crippen molar-refractivity contribution >= 4 is 5.71 Å². The molecule has 2 fully saturated rings. The maximum absolute atomic E-state index is 9.10. The molecule has 2 N–H and O–H groups in total. The summed E-state index contributed by atoms with van der Waals surface area (Å²) in [5.41, 5.74) is 2.27. The highest BCUT2D eigenvalue weighted by Gasteiger charge is 2.45. The molecular weight excluding hydrogens is 212 g/mol. The van der Waals surface area contributed by atoms with E-state index in [0.717, 1.165) is 12.3 Å². The predicted molar refractivity (Wildman–Crippen MR) is 67.1 cm³/mol. The lowest BCUT2D eigenvalue weighted by Gasteiger charge is -2.23. The fraction of sp³-hybridized carbons (Fsp3) is 0.500. The van der Waals surface area contributed by atoms with Gasteiger partial charge in [-0.05, 0) is 30.7 Å². The zero-order chi connectivity index (χ0) is 11.7. The van der Waals surface area contributed by atoms with Crippen LogP contribution in [0.3, 0.4) is 0 Å². The standard InChI is InChI=1S/C14H18N2O/c17-16-14-12-7-6-11(8-12)13(14)15-9-10-4-2-1-3-5-10/h1-5,11-13,15,17H,6-9H2/b16-14-. The number of rotatable bonds is 3. The van der Waals surface area contributed by atoms with E-state index < -0.39 is 0 Å². The summed E-state index contributed by atoms with van der Waals surface area (Å²) in [7, 11) is 0. The van der Waals surface area contributed by atoms with Crippen LogP contribution >= 0.6 is 0 Å². The minimum atomic E-state index is 0.291. The molecule has 3 heteroatoms. The number of hydrogen-bond donors (Lipinski definition) is 2. The van der Waals surface area contributed by atoms with Crippen molar-refractivity contribution in [2.45, 2.75) is 31.8 Å². The van der Waals surface area contributed by atoms with Gasteiger partial charge in [0.25, 0.3) is 0 Å². The minimum absolute atomic E-state index is 0.291. The van der Waals surface area contributed by atoms with Gasteiger partial charge in [-0.1, -0.05) is 35.5 Å². The molecule has 3 nitrogen and oxygen atoms in total. The number of nitrogens with one attached hydrogen (secondary N) is 1. The normalized spacial score (nSPS) is 33.4. The van der Waals surface area contributed by atoms with Crippen molar-refractivity contribution in [1.29, 1.82) is 0 Å². The number of nitrogens with zero attached hydrogens (tertiary/aromatic N) is 1. The van der Waals surface area contributed by atoms with E-state index in [0.29, 0.717) is 17.9 Å². The Hall–Kier alpha value is -1.35. The van der Waals surface area contributed by atoms with Crippen LogP contribution in [0.15, 0.2) is 35.5 Å². The van der Waals surface area contributed by atoms with E-state index in [1.165, 1.54) is 24.8 Å². The Morgan fingerprint density at radius 3 is 2.82 bits per heavy atom. The summed E-state index contributed by atoms with van der Waals surface area (Å²) in [6.07, 6.45) is 3.68. The van der Waals surface area contributed by atoms with Gasteiger partial charge >= 0.3 is 0 Å². The largest absolute Gasteiger partial charge is 0.411 e. The molecule has 0 amide bonds. The molecule has 90 valence electrons. The van der Waals surface area contributed by atoms with Crippen LogP contribution in [-0.2, 0) is 6.54 Å². The molecule has 1 aromatic carbocycles. The summed E-state index contributed by atoms with van der Waals surface area (Å²) < 4.78 is 0. The van der Waals surface area contributed by atoms with Crippen LogP contribution in [0.2, 0.25) is 0 Å². The Bertz CT molecular complexity index is 415. The summed E-state index contributed by atoms with van der Waals surface area (Å²) in [5, 5.41) is 16.2. The zero-order valence-corrected chi connectivity index (χ0v) is 9.84. The quantitative estimate of drug-likeness (QED) is 0.618. The minimum Gasteiger partial charge on any atom is -0.411 e. The smallest absolute Gasteiger partial charge is 0.0773 e. The first-order chi connectivity index (χ1) is 8.38. The molecule has 0 heterocycles. The fourth-order valence-electron chi connectivity index (χ4n) is 3.32. The first-order valence-corrected chi connectivity index (χ1v) is 6.37. The second kappa shape index (κ2) is 4.49. The van der Waals surface area contributed by atoms with Crippen molar-refractivity contribution in [2.24, 2.45) is 17.0 Å². The van der Waals surface area contributed by atoms with Gasteiger partial charge in [-0.3, -0.25) is 0 Å². The van der Waals surface area contributed by atoms with Crippen molar-refractivity contribution in [2.75, 3.05) is 0 Å². The summed E-state index contributed by atoms with van der Waals surface area (Å²) in [5.74, 6) is 1.20. The summed E-state index contributed by atoms with van der Waals surface area (Å²) in [6.45, 7) is 0.855. The Balaban J connectivity index is 1.66. The molecule has 3 unspecified atom stereocenters. The number of benzene rings is 1. The third kappa shape index (κ3) is 1.95. The van der Waals surface area contributed by atoms with E-state index in [1.54, 1.807) is 0 Å². The van der Waals surface area contributed by atoms with Crippen molar-refractivity contribution in [3.05, 3.63) is 35.9 Å². The van der Waals surface area contributed by atoms with Gasteiger partial charge in [0.05, 0.1) is 11.8 Å². The number of hydrogen-bond acceptors (Lipinski definition) is 3. The first-order valence-electron chi connectivity index (χ1n) is 6.37. The average Bonchev–Trinajstić information content (AvgIpc) is 2.97. The van der Waals surface area contributed by atoms with E-state index >= 15 is 0 Å². The molecule has 0 spiro atoms. The van der Waals surface area contributed by atoms with Crippen LogP contribution < -0.4 is 5.32 Å². The zero-order valence-electron chi connectivity index (χ0n) is 9.84. The van der Waals surface area contributed by atoms with Crippen molar-refractivity contribution in [1.82, 2.24) is 5.32 Å². The van der Waals surface area contributed by atoms with Gasteiger partial charge in [0.2, 0.25) is 0 Å². The van der Waals surface area contributed by atoms with E-state index in [1.807, 2.05) is 6.07 Å². The molecule has 3 atom stereocenters. The fourth-order valence-corrected chi connectivity index (χ4v) is 3.32. The molecule has 0 aromatic heterocycles. The van der Waals surface area contributed by atoms with Crippen LogP contribution in [0.1, 0.15) is 24.8 Å². The highest BCUT2D eigenvalue weighted by molar-refractivity contribution is 5.94. The van der Waals surface area contributed by atoms with Crippen LogP contribution in [-0.4, -0.2) is 17.0 Å². The molecule has 0 saturated heterocycles. The molecule has 0 radical (unpaired) electrons. The van der Waals surface area contributed by atoms with Gasteiger partial charge in [-0.25, -0.2) is 0 Å². The van der Waals surface area contributed by atoms with E-state index in [4.69, 9.17) is 5.21 Å². The molecule has 17 heavy (non-hydrogen) atoms. The van der Waals surface area contributed by atoms with E-state index in [9.17, 15) is 0 Å². The third-order valence-electron chi connectivity index (χ3n) is 4.17. The first kappa shape index (κ1) is 10.8. The summed E-state index contributed by atoms with van der Waals surface area (Å²) >= 11 is 0. The molecule has 2 bridgehead atoms. The maximum atomic E-state index is 9.10. The second-order valence-electron chi connectivity index (χ2n) is 5.14. The molecule has 2 aliphatic carbocycles. The van der Waals surface area contributed by atoms with Gasteiger partial charge in [0, 0.05) is 12.5 Å². The molecular formula is C14H18N2O. The van der Waals surface area contributed by atoms with E-state index in [-0.39, 0.29) is 0 Å². The predicted octanol–water partition coefficient (Wildman–Crippen LogP) is 2.40.